The van der Waals surface area contributed by atoms with Gasteiger partial charge in [0.05, 0.1) is 0 Å². The van der Waals surface area contributed by atoms with Crippen molar-refractivity contribution >= 4 is 21.6 Å². The minimum Gasteiger partial charge on any atom is -0.285 e. The van der Waals surface area contributed by atoms with E-state index in [1.807, 2.05) is 21.6 Å². The normalized spacial score (nSPS) is 24.0. The van der Waals surface area contributed by atoms with Crippen molar-refractivity contribution in [3.63, 3.8) is 0 Å². The van der Waals surface area contributed by atoms with E-state index in [0.29, 0.717) is 11.0 Å². The van der Waals surface area contributed by atoms with Crippen molar-refractivity contribution in [2.45, 2.75) is 50.5 Å². The molecule has 1 fully saturated rings. The van der Waals surface area contributed by atoms with Gasteiger partial charge in [0.1, 0.15) is 11.0 Å². The van der Waals surface area contributed by atoms with Crippen LogP contribution < -0.4 is 5.32 Å². The zero-order chi connectivity index (χ0) is 14.3. The molecule has 2 unspecified atom stereocenters. The summed E-state index contributed by atoms with van der Waals surface area (Å²) in [4.78, 5) is 2.23. The summed E-state index contributed by atoms with van der Waals surface area (Å²) < 4.78 is 0. The van der Waals surface area contributed by atoms with Gasteiger partial charge in [0, 0.05) is 20.1 Å². The van der Waals surface area contributed by atoms with Gasteiger partial charge in [-0.1, -0.05) is 54.7 Å². The monoisotopic (exact) mass is 306 g/mol. The minimum atomic E-state index is 0.378. The van der Waals surface area contributed by atoms with Crippen molar-refractivity contribution < 1.29 is 0 Å². The highest BCUT2D eigenvalue weighted by Gasteiger charge is 2.31. The molecule has 6 heteroatoms. The third kappa shape index (κ3) is 5.81. The predicted octanol–water partition coefficient (Wildman–Crippen LogP) is 2.85. The lowest BCUT2D eigenvalue weighted by molar-refractivity contribution is -0.0185. The SMILES string of the molecule is CCCCCCN(CC)N(C)C1NC(N(C)C)SS1. The van der Waals surface area contributed by atoms with Crippen LogP contribution in [-0.4, -0.2) is 60.1 Å². The van der Waals surface area contributed by atoms with Gasteiger partial charge in [-0.2, -0.15) is 0 Å². The van der Waals surface area contributed by atoms with Crippen LogP contribution >= 0.6 is 21.6 Å². The maximum absolute atomic E-state index is 3.64. The molecule has 4 nitrogen and oxygen atoms in total. The molecule has 1 N–H and O–H groups in total. The van der Waals surface area contributed by atoms with Crippen molar-refractivity contribution in [3.05, 3.63) is 0 Å². The molecule has 1 aliphatic rings. The fourth-order valence-corrected chi connectivity index (χ4v) is 5.05. The van der Waals surface area contributed by atoms with Crippen molar-refractivity contribution in [2.24, 2.45) is 0 Å². The van der Waals surface area contributed by atoms with E-state index in [1.54, 1.807) is 0 Å². The Labute approximate surface area is 127 Å². The molecule has 114 valence electrons. The number of nitrogens with zero attached hydrogens (tertiary/aromatic N) is 3. The highest BCUT2D eigenvalue weighted by Crippen LogP contribution is 2.38. The van der Waals surface area contributed by atoms with Gasteiger partial charge in [0.2, 0.25) is 0 Å². The van der Waals surface area contributed by atoms with E-state index < -0.39 is 0 Å². The summed E-state index contributed by atoms with van der Waals surface area (Å²) >= 11 is 0. The Balaban J connectivity index is 2.34. The molecule has 0 aromatic carbocycles. The Hall–Kier alpha value is 0.540. The molecule has 0 aromatic heterocycles. The molecule has 0 aromatic rings. The molecular weight excluding hydrogens is 276 g/mol. The first kappa shape index (κ1) is 17.6. The highest BCUT2D eigenvalue weighted by atomic mass is 33.1. The van der Waals surface area contributed by atoms with E-state index in [1.165, 1.54) is 32.2 Å². The fraction of sp³-hybridized carbons (Fsp3) is 1.00. The Morgan fingerprint density at radius 1 is 0.947 bits per heavy atom. The zero-order valence-corrected chi connectivity index (χ0v) is 14.7. The van der Waals surface area contributed by atoms with Gasteiger partial charge in [-0.05, 0) is 20.5 Å². The summed E-state index contributed by atoms with van der Waals surface area (Å²) in [6.45, 7) is 6.76. The molecular formula is C13H30N4S2. The van der Waals surface area contributed by atoms with E-state index in [0.717, 1.165) is 6.54 Å². The third-order valence-corrected chi connectivity index (χ3v) is 6.31. The van der Waals surface area contributed by atoms with Crippen LogP contribution in [0.2, 0.25) is 0 Å². The first-order valence-corrected chi connectivity index (χ1v) is 9.60. The summed E-state index contributed by atoms with van der Waals surface area (Å²) in [6.07, 6.45) is 5.31. The van der Waals surface area contributed by atoms with Crippen LogP contribution in [0.3, 0.4) is 0 Å². The highest BCUT2D eigenvalue weighted by molar-refractivity contribution is 8.77. The minimum absolute atomic E-state index is 0.378. The first-order chi connectivity index (χ1) is 9.10. The molecule has 19 heavy (non-hydrogen) atoms. The van der Waals surface area contributed by atoms with Gasteiger partial charge in [-0.25, -0.2) is 10.0 Å². The van der Waals surface area contributed by atoms with Crippen LogP contribution in [0.5, 0.6) is 0 Å². The van der Waals surface area contributed by atoms with Crippen LogP contribution in [0.4, 0.5) is 0 Å². The largest absolute Gasteiger partial charge is 0.285 e. The average Bonchev–Trinajstić information content (AvgIpc) is 2.88. The predicted molar refractivity (Wildman–Crippen MR) is 88.7 cm³/mol. The zero-order valence-electron chi connectivity index (χ0n) is 13.1. The van der Waals surface area contributed by atoms with Crippen molar-refractivity contribution in [3.8, 4) is 0 Å². The molecule has 0 radical (unpaired) electrons. The van der Waals surface area contributed by atoms with Gasteiger partial charge in [-0.3, -0.25) is 10.2 Å². The number of hydrogen-bond donors (Lipinski definition) is 1. The van der Waals surface area contributed by atoms with Gasteiger partial charge in [0.25, 0.3) is 0 Å². The smallest absolute Gasteiger partial charge is 0.133 e. The van der Waals surface area contributed by atoms with Gasteiger partial charge in [-0.15, -0.1) is 0 Å². The topological polar surface area (TPSA) is 21.8 Å². The second-order valence-electron chi connectivity index (χ2n) is 5.21. The van der Waals surface area contributed by atoms with Gasteiger partial charge < -0.3 is 0 Å². The molecule has 0 bridgehead atoms. The maximum atomic E-state index is 3.64. The summed E-state index contributed by atoms with van der Waals surface area (Å²) in [5.41, 5.74) is 0.791. The maximum Gasteiger partial charge on any atom is 0.133 e. The van der Waals surface area contributed by atoms with E-state index in [2.05, 4.69) is 55.2 Å². The lowest BCUT2D eigenvalue weighted by atomic mass is 10.2. The number of rotatable bonds is 9. The third-order valence-electron chi connectivity index (χ3n) is 3.41. The first-order valence-electron chi connectivity index (χ1n) is 7.32. The number of nitrogens with one attached hydrogen (secondary N) is 1. The lowest BCUT2D eigenvalue weighted by Gasteiger charge is -2.35. The van der Waals surface area contributed by atoms with Crippen LogP contribution in [0.15, 0.2) is 0 Å². The molecule has 0 saturated carbocycles. The van der Waals surface area contributed by atoms with Crippen LogP contribution in [0.1, 0.15) is 39.5 Å². The second kappa shape index (κ2) is 9.47. The van der Waals surface area contributed by atoms with Gasteiger partial charge >= 0.3 is 0 Å². The number of hydrogen-bond acceptors (Lipinski definition) is 6. The Morgan fingerprint density at radius 3 is 2.16 bits per heavy atom. The van der Waals surface area contributed by atoms with Crippen molar-refractivity contribution in [1.29, 1.82) is 0 Å². The fourth-order valence-electron chi connectivity index (χ4n) is 2.10. The molecule has 0 spiro atoms. The van der Waals surface area contributed by atoms with Crippen LogP contribution in [-0.2, 0) is 0 Å². The standard InChI is InChI=1S/C13H30N4S2/c1-6-8-9-10-11-17(7-2)16(5)13-14-12(15(3)4)18-19-13/h12-14H,6-11H2,1-5H3. The quantitative estimate of drug-likeness (QED) is 0.399. The number of hydrazine groups is 1. The van der Waals surface area contributed by atoms with Gasteiger partial charge in [0.15, 0.2) is 0 Å². The summed E-state index contributed by atoms with van der Waals surface area (Å²) in [7, 11) is 10.3. The molecule has 0 amide bonds. The van der Waals surface area contributed by atoms with Crippen molar-refractivity contribution in [1.82, 2.24) is 20.2 Å². The van der Waals surface area contributed by atoms with Crippen LogP contribution in [0.25, 0.3) is 0 Å². The number of unbranched alkanes of at least 4 members (excludes halogenated alkanes) is 3. The second-order valence-corrected chi connectivity index (χ2v) is 7.64. The van der Waals surface area contributed by atoms with E-state index in [-0.39, 0.29) is 0 Å². The summed E-state index contributed by atoms with van der Waals surface area (Å²) in [5.74, 6) is 0. The molecule has 2 atom stereocenters. The molecule has 1 heterocycles. The molecule has 1 saturated heterocycles. The molecule has 0 aliphatic carbocycles. The Kier molecular flexibility index (Phi) is 8.77. The molecule has 1 rings (SSSR count). The van der Waals surface area contributed by atoms with E-state index in [4.69, 9.17) is 0 Å². The Bertz CT molecular complexity index is 241. The van der Waals surface area contributed by atoms with Crippen molar-refractivity contribution in [2.75, 3.05) is 34.2 Å². The Morgan fingerprint density at radius 2 is 1.63 bits per heavy atom. The molecule has 1 aliphatic heterocycles. The average molecular weight is 307 g/mol. The summed E-state index contributed by atoms with van der Waals surface area (Å²) in [6, 6.07) is 0. The van der Waals surface area contributed by atoms with E-state index >= 15 is 0 Å². The van der Waals surface area contributed by atoms with E-state index in [9.17, 15) is 0 Å². The lowest BCUT2D eigenvalue weighted by Crippen LogP contribution is -2.52. The summed E-state index contributed by atoms with van der Waals surface area (Å²) in [5, 5.41) is 8.47. The van der Waals surface area contributed by atoms with Crippen LogP contribution in [0, 0.1) is 0 Å².